The molecule has 1 fully saturated rings. The molecule has 0 spiro atoms. The Morgan fingerprint density at radius 3 is 2.83 bits per heavy atom. The van der Waals surface area contributed by atoms with Crippen molar-refractivity contribution in [1.29, 1.82) is 0 Å². The first-order valence-electron chi connectivity index (χ1n) is 3.55. The van der Waals surface area contributed by atoms with Gasteiger partial charge in [0.25, 0.3) is 0 Å². The average molecular weight is 170 g/mol. The van der Waals surface area contributed by atoms with Gasteiger partial charge in [0, 0.05) is 0 Å². The number of ether oxygens (including phenoxy) is 1. The lowest BCUT2D eigenvalue weighted by atomic mass is 9.82. The van der Waals surface area contributed by atoms with E-state index in [9.17, 15) is 14.7 Å². The minimum Gasteiger partial charge on any atom is -0.462 e. The third-order valence-corrected chi connectivity index (χ3v) is 2.16. The van der Waals surface area contributed by atoms with Gasteiger partial charge >= 0.3 is 5.97 Å². The van der Waals surface area contributed by atoms with Gasteiger partial charge in [0.2, 0.25) is 0 Å². The molecule has 0 aromatic rings. The van der Waals surface area contributed by atoms with Gasteiger partial charge in [-0.25, -0.2) is 0 Å². The Hall–Kier alpha value is -1.16. The highest BCUT2D eigenvalue weighted by molar-refractivity contribution is 6.10. The molecular formula is C8H10O4. The summed E-state index contributed by atoms with van der Waals surface area (Å²) < 4.78 is 4.55. The molecule has 12 heavy (non-hydrogen) atoms. The van der Waals surface area contributed by atoms with Crippen molar-refractivity contribution in [2.45, 2.75) is 13.0 Å². The number of allylic oxidation sites excluding steroid dienone is 1. The van der Waals surface area contributed by atoms with E-state index in [0.29, 0.717) is 0 Å². The topological polar surface area (TPSA) is 63.6 Å². The molecular weight excluding hydrogens is 160 g/mol. The number of ketones is 1. The molecule has 4 heteroatoms. The van der Waals surface area contributed by atoms with Gasteiger partial charge in [-0.05, 0) is 13.0 Å². The van der Waals surface area contributed by atoms with Crippen LogP contribution in [0.15, 0.2) is 12.7 Å². The van der Waals surface area contributed by atoms with E-state index in [4.69, 9.17) is 0 Å². The van der Waals surface area contributed by atoms with Crippen LogP contribution < -0.4 is 0 Å². The van der Waals surface area contributed by atoms with Gasteiger partial charge in [0.15, 0.2) is 11.2 Å². The Bertz CT molecular complexity index is 245. The number of carbonyl (C=O) groups excluding carboxylic acids is 2. The van der Waals surface area contributed by atoms with E-state index in [1.54, 1.807) is 0 Å². The van der Waals surface area contributed by atoms with Crippen molar-refractivity contribution in [2.75, 3.05) is 6.61 Å². The van der Waals surface area contributed by atoms with Crippen LogP contribution in [0.1, 0.15) is 6.92 Å². The monoisotopic (exact) mass is 170 g/mol. The molecule has 0 aliphatic carbocycles. The lowest BCUT2D eigenvalue weighted by Crippen LogP contribution is -2.40. The molecule has 4 nitrogen and oxygen atoms in total. The zero-order valence-corrected chi connectivity index (χ0v) is 6.74. The summed E-state index contributed by atoms with van der Waals surface area (Å²) in [5, 5.41) is 9.31. The van der Waals surface area contributed by atoms with E-state index < -0.39 is 23.3 Å². The molecule has 1 N–H and O–H groups in total. The number of aliphatic hydroxyl groups is 1. The first-order chi connectivity index (χ1) is 5.53. The van der Waals surface area contributed by atoms with Gasteiger partial charge in [-0.2, -0.15) is 0 Å². The Balaban J connectivity index is 3.01. The summed E-state index contributed by atoms with van der Waals surface area (Å²) in [6.07, 6.45) is -0.0361. The van der Waals surface area contributed by atoms with E-state index in [1.165, 1.54) is 6.92 Å². The van der Waals surface area contributed by atoms with Crippen LogP contribution in [-0.4, -0.2) is 29.6 Å². The van der Waals surface area contributed by atoms with Gasteiger partial charge in [0.05, 0.1) is 0 Å². The summed E-state index contributed by atoms with van der Waals surface area (Å²) in [7, 11) is 0. The molecule has 2 unspecified atom stereocenters. The highest BCUT2D eigenvalue weighted by Crippen LogP contribution is 2.31. The van der Waals surface area contributed by atoms with Crippen LogP contribution in [-0.2, 0) is 14.3 Å². The standard InChI is InChI=1S/C8H10O4/c1-3-5(9)8(2)6(10)4-12-7(8)11/h3,6,10H,1,4H2,2H3. The van der Waals surface area contributed by atoms with Crippen molar-refractivity contribution in [3.63, 3.8) is 0 Å². The summed E-state index contributed by atoms with van der Waals surface area (Å²) in [6.45, 7) is 4.49. The van der Waals surface area contributed by atoms with Gasteiger partial charge in [-0.1, -0.05) is 6.58 Å². The fourth-order valence-corrected chi connectivity index (χ4v) is 1.08. The maximum absolute atomic E-state index is 11.2. The second kappa shape index (κ2) is 2.71. The summed E-state index contributed by atoms with van der Waals surface area (Å²) >= 11 is 0. The number of esters is 1. The molecule has 0 bridgehead atoms. The van der Waals surface area contributed by atoms with Crippen molar-refractivity contribution in [3.8, 4) is 0 Å². The Morgan fingerprint density at radius 1 is 1.92 bits per heavy atom. The molecule has 0 saturated carbocycles. The zero-order valence-electron chi connectivity index (χ0n) is 6.74. The predicted molar refractivity (Wildman–Crippen MR) is 40.3 cm³/mol. The van der Waals surface area contributed by atoms with E-state index in [0.717, 1.165) is 6.08 Å². The highest BCUT2D eigenvalue weighted by Gasteiger charge is 2.52. The molecule has 1 heterocycles. The number of cyclic esters (lactones) is 1. The van der Waals surface area contributed by atoms with Crippen LogP contribution in [0.25, 0.3) is 0 Å². The molecule has 0 aromatic heterocycles. The second-order valence-electron chi connectivity index (χ2n) is 2.88. The third kappa shape index (κ3) is 0.956. The van der Waals surface area contributed by atoms with Crippen molar-refractivity contribution >= 4 is 11.8 Å². The molecule has 0 aromatic carbocycles. The normalized spacial score (nSPS) is 34.5. The smallest absolute Gasteiger partial charge is 0.322 e. The molecule has 2 atom stereocenters. The molecule has 0 radical (unpaired) electrons. The summed E-state index contributed by atoms with van der Waals surface area (Å²) in [5.41, 5.74) is -1.44. The molecule has 1 saturated heterocycles. The molecule has 66 valence electrons. The van der Waals surface area contributed by atoms with Crippen molar-refractivity contribution in [2.24, 2.45) is 5.41 Å². The molecule has 1 aliphatic heterocycles. The van der Waals surface area contributed by atoms with E-state index in [2.05, 4.69) is 11.3 Å². The number of hydrogen-bond donors (Lipinski definition) is 1. The average Bonchev–Trinajstić information content (AvgIpc) is 2.32. The van der Waals surface area contributed by atoms with Gasteiger partial charge in [0.1, 0.15) is 12.7 Å². The summed E-state index contributed by atoms with van der Waals surface area (Å²) in [4.78, 5) is 22.2. The van der Waals surface area contributed by atoms with Crippen LogP contribution in [0.4, 0.5) is 0 Å². The van der Waals surface area contributed by atoms with Crippen LogP contribution in [0, 0.1) is 5.41 Å². The lowest BCUT2D eigenvalue weighted by Gasteiger charge is -2.18. The Kier molecular flexibility index (Phi) is 2.02. The minimum absolute atomic E-state index is 0.116. The van der Waals surface area contributed by atoms with Crippen molar-refractivity contribution in [3.05, 3.63) is 12.7 Å². The highest BCUT2D eigenvalue weighted by atomic mass is 16.6. The fourth-order valence-electron chi connectivity index (χ4n) is 1.08. The van der Waals surface area contributed by atoms with Crippen LogP contribution in [0.2, 0.25) is 0 Å². The molecule has 1 aliphatic rings. The molecule has 1 rings (SSSR count). The van der Waals surface area contributed by atoms with Crippen LogP contribution in [0.5, 0.6) is 0 Å². The maximum atomic E-state index is 11.2. The number of rotatable bonds is 2. The largest absolute Gasteiger partial charge is 0.462 e. The predicted octanol–water partition coefficient (Wildman–Crippen LogP) is -0.334. The van der Waals surface area contributed by atoms with Crippen LogP contribution in [0.3, 0.4) is 0 Å². The first-order valence-corrected chi connectivity index (χ1v) is 3.55. The number of carbonyl (C=O) groups is 2. The van der Waals surface area contributed by atoms with Gasteiger partial charge in [-0.15, -0.1) is 0 Å². The Morgan fingerprint density at radius 2 is 2.50 bits per heavy atom. The summed E-state index contributed by atoms with van der Waals surface area (Å²) in [5.74, 6) is -1.18. The summed E-state index contributed by atoms with van der Waals surface area (Å²) in [6, 6.07) is 0. The number of hydrogen-bond acceptors (Lipinski definition) is 4. The quantitative estimate of drug-likeness (QED) is 0.350. The lowest BCUT2D eigenvalue weighted by molar-refractivity contribution is -0.150. The number of aliphatic hydroxyl groups excluding tert-OH is 1. The molecule has 0 amide bonds. The maximum Gasteiger partial charge on any atom is 0.322 e. The minimum atomic E-state index is -1.44. The van der Waals surface area contributed by atoms with Gasteiger partial charge < -0.3 is 9.84 Å². The fraction of sp³-hybridized carbons (Fsp3) is 0.500. The van der Waals surface area contributed by atoms with Crippen molar-refractivity contribution < 1.29 is 19.4 Å². The Labute approximate surface area is 69.8 Å². The second-order valence-corrected chi connectivity index (χ2v) is 2.88. The van der Waals surface area contributed by atoms with Crippen LogP contribution >= 0.6 is 0 Å². The third-order valence-electron chi connectivity index (χ3n) is 2.16. The van der Waals surface area contributed by atoms with Crippen molar-refractivity contribution in [1.82, 2.24) is 0 Å². The zero-order chi connectivity index (χ0) is 9.35. The van der Waals surface area contributed by atoms with E-state index in [1.807, 2.05) is 0 Å². The van der Waals surface area contributed by atoms with E-state index >= 15 is 0 Å². The SMILES string of the molecule is C=CC(=O)C1(C)C(=O)OCC1O. The van der Waals surface area contributed by atoms with Gasteiger partial charge in [-0.3, -0.25) is 9.59 Å². The first kappa shape index (κ1) is 8.93. The van der Waals surface area contributed by atoms with E-state index in [-0.39, 0.29) is 6.61 Å².